The van der Waals surface area contributed by atoms with Crippen LogP contribution in [-0.4, -0.2) is 41.8 Å². The summed E-state index contributed by atoms with van der Waals surface area (Å²) in [5.41, 5.74) is 1.12. The first-order valence-corrected chi connectivity index (χ1v) is 6.78. The van der Waals surface area contributed by atoms with Gasteiger partial charge in [-0.25, -0.2) is 0 Å². The monoisotopic (exact) mass is 265 g/mol. The summed E-state index contributed by atoms with van der Waals surface area (Å²) >= 11 is 0. The lowest BCUT2D eigenvalue weighted by atomic mass is 10.1. The van der Waals surface area contributed by atoms with Gasteiger partial charge in [-0.3, -0.25) is 9.69 Å². The van der Waals surface area contributed by atoms with E-state index in [1.807, 2.05) is 42.2 Å². The second-order valence-electron chi connectivity index (χ2n) is 4.36. The minimum atomic E-state index is -0.299. The van der Waals surface area contributed by atoms with Gasteiger partial charge in [0.25, 0.3) is 0 Å². The Labute approximate surface area is 115 Å². The highest BCUT2D eigenvalue weighted by Gasteiger charge is 2.25. The molecular weight excluding hydrogens is 242 g/mol. The summed E-state index contributed by atoms with van der Waals surface area (Å²) in [4.78, 5) is 13.9. The number of hydrogen-bond acceptors (Lipinski definition) is 4. The smallest absolute Gasteiger partial charge is 0.323 e. The first-order valence-electron chi connectivity index (χ1n) is 6.78. The zero-order valence-corrected chi connectivity index (χ0v) is 11.7. The Morgan fingerprint density at radius 3 is 2.53 bits per heavy atom. The lowest BCUT2D eigenvalue weighted by Crippen LogP contribution is -2.42. The zero-order chi connectivity index (χ0) is 14.1. The highest BCUT2D eigenvalue weighted by Crippen LogP contribution is 2.12. The van der Waals surface area contributed by atoms with Gasteiger partial charge in [-0.2, -0.15) is 0 Å². The van der Waals surface area contributed by atoms with Crippen molar-refractivity contribution in [3.63, 3.8) is 0 Å². The van der Waals surface area contributed by atoms with Crippen LogP contribution >= 0.6 is 0 Å². The SMILES string of the molecule is CCOC(=O)C(CC)N(CCO)Cc1ccccc1. The average Bonchev–Trinajstić information content (AvgIpc) is 2.41. The Hall–Kier alpha value is -1.39. The van der Waals surface area contributed by atoms with Crippen molar-refractivity contribution in [3.05, 3.63) is 35.9 Å². The molecule has 1 rings (SSSR count). The van der Waals surface area contributed by atoms with Crippen molar-refractivity contribution in [3.8, 4) is 0 Å². The molecule has 1 aromatic rings. The predicted molar refractivity (Wildman–Crippen MR) is 74.6 cm³/mol. The highest BCUT2D eigenvalue weighted by molar-refractivity contribution is 5.75. The Balaban J connectivity index is 2.76. The van der Waals surface area contributed by atoms with Crippen molar-refractivity contribution in [1.29, 1.82) is 0 Å². The largest absolute Gasteiger partial charge is 0.465 e. The van der Waals surface area contributed by atoms with Gasteiger partial charge in [0.15, 0.2) is 0 Å². The maximum atomic E-state index is 11.9. The third-order valence-corrected chi connectivity index (χ3v) is 3.00. The van der Waals surface area contributed by atoms with Crippen molar-refractivity contribution in [2.24, 2.45) is 0 Å². The van der Waals surface area contributed by atoms with Crippen LogP contribution in [0.3, 0.4) is 0 Å². The number of benzene rings is 1. The van der Waals surface area contributed by atoms with Crippen LogP contribution < -0.4 is 0 Å². The first-order chi connectivity index (χ1) is 9.22. The number of carbonyl (C=O) groups excluding carboxylic acids is 1. The molecule has 4 nitrogen and oxygen atoms in total. The molecule has 1 aromatic carbocycles. The maximum absolute atomic E-state index is 11.9. The van der Waals surface area contributed by atoms with E-state index in [1.54, 1.807) is 6.92 Å². The highest BCUT2D eigenvalue weighted by atomic mass is 16.5. The van der Waals surface area contributed by atoms with Crippen molar-refractivity contribution in [1.82, 2.24) is 4.90 Å². The maximum Gasteiger partial charge on any atom is 0.323 e. The molecule has 1 atom stereocenters. The molecular formula is C15H23NO3. The minimum Gasteiger partial charge on any atom is -0.465 e. The summed E-state index contributed by atoms with van der Waals surface area (Å²) in [6.07, 6.45) is 0.672. The van der Waals surface area contributed by atoms with Crippen LogP contribution in [0.2, 0.25) is 0 Å². The van der Waals surface area contributed by atoms with Gasteiger partial charge in [0.05, 0.1) is 13.2 Å². The Morgan fingerprint density at radius 1 is 1.32 bits per heavy atom. The van der Waals surface area contributed by atoms with Crippen LogP contribution in [0.4, 0.5) is 0 Å². The topological polar surface area (TPSA) is 49.8 Å². The molecule has 0 saturated heterocycles. The minimum absolute atomic E-state index is 0.0305. The standard InChI is InChI=1S/C15H23NO3/c1-3-14(15(18)19-4-2)16(10-11-17)12-13-8-6-5-7-9-13/h5-9,14,17H,3-4,10-12H2,1-2H3. The molecule has 4 heteroatoms. The molecule has 1 N–H and O–H groups in total. The van der Waals surface area contributed by atoms with Gasteiger partial charge in [-0.1, -0.05) is 37.3 Å². The fourth-order valence-electron chi connectivity index (χ4n) is 2.10. The number of nitrogens with zero attached hydrogens (tertiary/aromatic N) is 1. The second kappa shape index (κ2) is 8.67. The van der Waals surface area contributed by atoms with E-state index in [-0.39, 0.29) is 18.6 Å². The molecule has 0 aliphatic heterocycles. The van der Waals surface area contributed by atoms with Crippen LogP contribution in [-0.2, 0) is 16.1 Å². The Bertz CT molecular complexity index is 367. The molecule has 0 amide bonds. The summed E-state index contributed by atoms with van der Waals surface area (Å²) in [5, 5.41) is 9.18. The molecule has 1 unspecified atom stereocenters. The Kier molecular flexibility index (Phi) is 7.15. The molecule has 0 radical (unpaired) electrons. The molecule has 0 aromatic heterocycles. The third-order valence-electron chi connectivity index (χ3n) is 3.00. The van der Waals surface area contributed by atoms with E-state index in [9.17, 15) is 9.90 Å². The van der Waals surface area contributed by atoms with Crippen LogP contribution in [0.5, 0.6) is 0 Å². The van der Waals surface area contributed by atoms with E-state index in [2.05, 4.69) is 0 Å². The second-order valence-corrected chi connectivity index (χ2v) is 4.36. The van der Waals surface area contributed by atoms with E-state index < -0.39 is 0 Å². The first kappa shape index (κ1) is 15.7. The zero-order valence-electron chi connectivity index (χ0n) is 11.7. The molecule has 0 aliphatic rings. The van der Waals surface area contributed by atoms with Gasteiger partial charge < -0.3 is 9.84 Å². The van der Waals surface area contributed by atoms with Crippen LogP contribution in [0.25, 0.3) is 0 Å². The Morgan fingerprint density at radius 2 is 2.00 bits per heavy atom. The van der Waals surface area contributed by atoms with Gasteiger partial charge in [-0.15, -0.1) is 0 Å². The molecule has 0 aliphatic carbocycles. The lowest BCUT2D eigenvalue weighted by molar-refractivity contribution is -0.150. The van der Waals surface area contributed by atoms with Crippen LogP contribution in [0.1, 0.15) is 25.8 Å². The summed E-state index contributed by atoms with van der Waals surface area (Å²) < 4.78 is 5.10. The molecule has 0 spiro atoms. The fourth-order valence-corrected chi connectivity index (χ4v) is 2.10. The summed E-state index contributed by atoms with van der Waals surface area (Å²) in [6.45, 7) is 5.27. The van der Waals surface area contributed by atoms with Crippen LogP contribution in [0.15, 0.2) is 30.3 Å². The van der Waals surface area contributed by atoms with Gasteiger partial charge in [-0.05, 0) is 18.9 Å². The molecule has 0 bridgehead atoms. The number of carbonyl (C=O) groups is 1. The summed E-state index contributed by atoms with van der Waals surface area (Å²) in [5.74, 6) is -0.214. The molecule has 0 heterocycles. The quantitative estimate of drug-likeness (QED) is 0.728. The normalized spacial score (nSPS) is 12.4. The van der Waals surface area contributed by atoms with Crippen molar-refractivity contribution in [2.45, 2.75) is 32.9 Å². The van der Waals surface area contributed by atoms with Crippen molar-refractivity contribution >= 4 is 5.97 Å². The average molecular weight is 265 g/mol. The summed E-state index contributed by atoms with van der Waals surface area (Å²) in [7, 11) is 0. The number of aliphatic hydroxyl groups excluding tert-OH is 1. The fraction of sp³-hybridized carbons (Fsp3) is 0.533. The number of aliphatic hydroxyl groups is 1. The van der Waals surface area contributed by atoms with E-state index >= 15 is 0 Å². The molecule has 0 saturated carbocycles. The number of esters is 1. The lowest BCUT2D eigenvalue weighted by Gasteiger charge is -2.28. The number of ether oxygens (including phenoxy) is 1. The van der Waals surface area contributed by atoms with Crippen LogP contribution in [0, 0.1) is 0 Å². The molecule has 19 heavy (non-hydrogen) atoms. The summed E-state index contributed by atoms with van der Waals surface area (Å²) in [6, 6.07) is 9.63. The van der Waals surface area contributed by atoms with E-state index in [0.29, 0.717) is 26.1 Å². The van der Waals surface area contributed by atoms with E-state index in [0.717, 1.165) is 5.56 Å². The van der Waals surface area contributed by atoms with Gasteiger partial charge in [0.1, 0.15) is 6.04 Å². The molecule has 106 valence electrons. The third kappa shape index (κ3) is 5.01. The van der Waals surface area contributed by atoms with Gasteiger partial charge in [0.2, 0.25) is 0 Å². The van der Waals surface area contributed by atoms with E-state index in [4.69, 9.17) is 4.74 Å². The predicted octanol–water partition coefficient (Wildman–Crippen LogP) is 1.82. The van der Waals surface area contributed by atoms with Gasteiger partial charge >= 0.3 is 5.97 Å². The molecule has 0 fully saturated rings. The number of hydrogen-bond donors (Lipinski definition) is 1. The van der Waals surface area contributed by atoms with Crippen molar-refractivity contribution < 1.29 is 14.6 Å². The van der Waals surface area contributed by atoms with Gasteiger partial charge in [0, 0.05) is 13.1 Å². The van der Waals surface area contributed by atoms with Crippen molar-refractivity contribution in [2.75, 3.05) is 19.8 Å². The van der Waals surface area contributed by atoms with E-state index in [1.165, 1.54) is 0 Å². The number of rotatable bonds is 8.